The quantitative estimate of drug-likeness (QED) is 0.340. The van der Waals surface area contributed by atoms with Crippen LogP contribution >= 0.6 is 0 Å². The van der Waals surface area contributed by atoms with E-state index in [1.807, 2.05) is 6.92 Å². The Morgan fingerprint density at radius 1 is 1.15 bits per heavy atom. The number of rotatable bonds is 6. The van der Waals surface area contributed by atoms with Crippen LogP contribution in [-0.2, 0) is 9.59 Å². The summed E-state index contributed by atoms with van der Waals surface area (Å²) in [5.41, 5.74) is 0.492. The van der Waals surface area contributed by atoms with Crippen LogP contribution in [0.15, 0.2) is 58.6 Å². The number of benzene rings is 2. The molecule has 0 saturated carbocycles. The zero-order valence-electron chi connectivity index (χ0n) is 18.2. The molecule has 2 aromatic carbocycles. The molecule has 1 aliphatic rings. The van der Waals surface area contributed by atoms with E-state index in [0.717, 1.165) is 17.0 Å². The maximum atomic E-state index is 13.4. The van der Waals surface area contributed by atoms with Crippen molar-refractivity contribution in [3.63, 3.8) is 0 Å². The number of aliphatic hydroxyl groups is 1. The fourth-order valence-electron chi connectivity index (χ4n) is 3.74. The summed E-state index contributed by atoms with van der Waals surface area (Å²) >= 11 is 0. The number of anilines is 1. The van der Waals surface area contributed by atoms with Crippen LogP contribution in [0.4, 0.5) is 10.2 Å². The van der Waals surface area contributed by atoms with Crippen LogP contribution in [0.5, 0.6) is 11.5 Å². The first kappa shape index (κ1) is 22.1. The lowest BCUT2D eigenvalue weighted by Crippen LogP contribution is -2.29. The normalized spacial score (nSPS) is 17.5. The number of Topliss-reactive ketones (excluding diaryl/α,β-unsaturated/α-hetero) is 1. The Morgan fingerprint density at radius 2 is 1.88 bits per heavy atom. The molecule has 1 N–H and O–H groups in total. The largest absolute Gasteiger partial charge is 0.507 e. The number of carbonyl (C=O) groups is 2. The summed E-state index contributed by atoms with van der Waals surface area (Å²) < 4.78 is 29.5. The smallest absolute Gasteiger partial charge is 0.301 e. The predicted molar refractivity (Wildman–Crippen MR) is 117 cm³/mol. The van der Waals surface area contributed by atoms with Gasteiger partial charge in [-0.2, -0.15) is 0 Å². The molecule has 1 saturated heterocycles. The molecule has 1 amide bonds. The molecule has 1 atom stereocenters. The first-order chi connectivity index (χ1) is 15.8. The van der Waals surface area contributed by atoms with Gasteiger partial charge in [-0.3, -0.25) is 14.5 Å². The highest BCUT2D eigenvalue weighted by Crippen LogP contribution is 2.43. The van der Waals surface area contributed by atoms with Gasteiger partial charge in [0.2, 0.25) is 0 Å². The van der Waals surface area contributed by atoms with Crippen molar-refractivity contribution in [1.29, 1.82) is 0 Å². The lowest BCUT2D eigenvalue weighted by Gasteiger charge is -2.23. The van der Waals surface area contributed by atoms with E-state index in [9.17, 15) is 19.1 Å². The standard InChI is InChI=1S/C24H21FN2O6/c1-4-32-17-10-7-15(12-18(17)31-3)21-20(22(28)14-5-8-16(25)9-6-14)23(29)24(30)27(21)19-11-13(2)33-26-19/h5-12,21,28H,4H2,1-3H3. The van der Waals surface area contributed by atoms with Gasteiger partial charge in [0.1, 0.15) is 17.3 Å². The Kier molecular flexibility index (Phi) is 5.87. The number of aliphatic hydroxyl groups excluding tert-OH is 1. The van der Waals surface area contributed by atoms with Crippen LogP contribution in [0, 0.1) is 12.7 Å². The average Bonchev–Trinajstić information content (AvgIpc) is 3.35. The number of aromatic nitrogens is 1. The maximum Gasteiger partial charge on any atom is 0.301 e. The first-order valence-corrected chi connectivity index (χ1v) is 10.2. The van der Waals surface area contributed by atoms with Gasteiger partial charge in [0.15, 0.2) is 17.3 Å². The van der Waals surface area contributed by atoms with Gasteiger partial charge in [-0.15, -0.1) is 0 Å². The second-order valence-electron chi connectivity index (χ2n) is 7.32. The van der Waals surface area contributed by atoms with Gasteiger partial charge >= 0.3 is 5.91 Å². The van der Waals surface area contributed by atoms with Gasteiger partial charge in [-0.05, 0) is 55.8 Å². The molecular weight excluding hydrogens is 431 g/mol. The summed E-state index contributed by atoms with van der Waals surface area (Å²) in [6.45, 7) is 3.90. The van der Waals surface area contributed by atoms with Gasteiger partial charge in [0, 0.05) is 11.6 Å². The maximum absolute atomic E-state index is 13.4. The van der Waals surface area contributed by atoms with Crippen molar-refractivity contribution in [2.24, 2.45) is 0 Å². The van der Waals surface area contributed by atoms with Crippen LogP contribution in [0.2, 0.25) is 0 Å². The van der Waals surface area contributed by atoms with E-state index in [4.69, 9.17) is 14.0 Å². The zero-order chi connectivity index (χ0) is 23.7. The highest BCUT2D eigenvalue weighted by molar-refractivity contribution is 6.51. The minimum absolute atomic E-state index is 0.116. The molecule has 1 aliphatic heterocycles. The number of hydrogen-bond acceptors (Lipinski definition) is 7. The van der Waals surface area contributed by atoms with Crippen molar-refractivity contribution >= 4 is 23.3 Å². The summed E-state index contributed by atoms with van der Waals surface area (Å²) in [4.78, 5) is 27.3. The van der Waals surface area contributed by atoms with Crippen molar-refractivity contribution in [1.82, 2.24) is 5.16 Å². The molecule has 1 fully saturated rings. The number of aryl methyl sites for hydroxylation is 1. The van der Waals surface area contributed by atoms with Gasteiger partial charge in [0.25, 0.3) is 5.78 Å². The molecule has 0 aliphatic carbocycles. The van der Waals surface area contributed by atoms with Crippen molar-refractivity contribution in [3.8, 4) is 11.5 Å². The molecule has 33 heavy (non-hydrogen) atoms. The van der Waals surface area contributed by atoms with Crippen molar-refractivity contribution in [2.75, 3.05) is 18.6 Å². The van der Waals surface area contributed by atoms with Gasteiger partial charge in [0.05, 0.1) is 25.3 Å². The summed E-state index contributed by atoms with van der Waals surface area (Å²) in [5, 5.41) is 14.9. The van der Waals surface area contributed by atoms with Crippen LogP contribution in [0.1, 0.15) is 29.9 Å². The van der Waals surface area contributed by atoms with E-state index >= 15 is 0 Å². The molecule has 0 radical (unpaired) electrons. The fourth-order valence-corrected chi connectivity index (χ4v) is 3.74. The van der Waals surface area contributed by atoms with Crippen LogP contribution in [-0.4, -0.2) is 35.7 Å². The summed E-state index contributed by atoms with van der Waals surface area (Å²) in [5.74, 6) is -1.31. The van der Waals surface area contributed by atoms with Gasteiger partial charge in [-0.25, -0.2) is 4.39 Å². The molecule has 4 rings (SSSR count). The predicted octanol–water partition coefficient (Wildman–Crippen LogP) is 4.16. The Labute approximate surface area is 188 Å². The van der Waals surface area contributed by atoms with Crippen LogP contribution < -0.4 is 14.4 Å². The van der Waals surface area contributed by atoms with E-state index in [0.29, 0.717) is 29.4 Å². The van der Waals surface area contributed by atoms with E-state index < -0.39 is 29.3 Å². The minimum Gasteiger partial charge on any atom is -0.507 e. The third-order valence-corrected chi connectivity index (χ3v) is 5.23. The lowest BCUT2D eigenvalue weighted by atomic mass is 9.95. The average molecular weight is 452 g/mol. The molecule has 0 bridgehead atoms. The second-order valence-corrected chi connectivity index (χ2v) is 7.32. The fraction of sp³-hybridized carbons (Fsp3) is 0.208. The van der Waals surface area contributed by atoms with E-state index in [1.54, 1.807) is 25.1 Å². The number of halogens is 1. The van der Waals surface area contributed by atoms with Crippen molar-refractivity contribution < 1.29 is 33.1 Å². The first-order valence-electron chi connectivity index (χ1n) is 10.2. The van der Waals surface area contributed by atoms with E-state index in [1.165, 1.54) is 25.3 Å². The third kappa shape index (κ3) is 3.93. The molecule has 3 aromatic rings. The Balaban J connectivity index is 1.93. The van der Waals surface area contributed by atoms with Crippen LogP contribution in [0.3, 0.4) is 0 Å². The lowest BCUT2D eigenvalue weighted by molar-refractivity contribution is -0.132. The number of ether oxygens (including phenoxy) is 2. The molecule has 9 heteroatoms. The van der Waals surface area contributed by atoms with E-state index in [-0.39, 0.29) is 17.0 Å². The number of amides is 1. The van der Waals surface area contributed by atoms with Crippen molar-refractivity contribution in [2.45, 2.75) is 19.9 Å². The molecule has 2 heterocycles. The second kappa shape index (κ2) is 8.78. The Hall–Kier alpha value is -4.14. The van der Waals surface area contributed by atoms with Crippen LogP contribution in [0.25, 0.3) is 5.76 Å². The highest BCUT2D eigenvalue weighted by Gasteiger charge is 2.48. The SMILES string of the molecule is CCOc1ccc(C2C(=C(O)c3ccc(F)cc3)C(=O)C(=O)N2c2cc(C)on2)cc1OC. The topological polar surface area (TPSA) is 102 Å². The molecule has 170 valence electrons. The summed E-state index contributed by atoms with van der Waals surface area (Å²) in [6.07, 6.45) is 0. The minimum atomic E-state index is -1.04. The molecule has 0 spiro atoms. The summed E-state index contributed by atoms with van der Waals surface area (Å²) in [7, 11) is 1.47. The molecule has 8 nitrogen and oxygen atoms in total. The van der Waals surface area contributed by atoms with E-state index in [2.05, 4.69) is 5.16 Å². The van der Waals surface area contributed by atoms with Gasteiger partial charge in [-0.1, -0.05) is 11.2 Å². The van der Waals surface area contributed by atoms with Gasteiger partial charge < -0.3 is 19.1 Å². The molecule has 1 aromatic heterocycles. The van der Waals surface area contributed by atoms with Crippen molar-refractivity contribution in [3.05, 3.63) is 76.8 Å². The Morgan fingerprint density at radius 3 is 2.48 bits per heavy atom. The Bertz CT molecular complexity index is 1250. The number of carbonyl (C=O) groups excluding carboxylic acids is 2. The highest BCUT2D eigenvalue weighted by atomic mass is 19.1. The zero-order valence-corrected chi connectivity index (χ0v) is 18.2. The number of nitrogens with zero attached hydrogens (tertiary/aromatic N) is 2. The number of hydrogen-bond donors (Lipinski definition) is 1. The molecular formula is C24H21FN2O6. The molecule has 1 unspecified atom stereocenters. The monoisotopic (exact) mass is 452 g/mol. The number of ketones is 1. The summed E-state index contributed by atoms with van der Waals surface area (Å²) in [6, 6.07) is 10.4. The number of methoxy groups -OCH3 is 1. The third-order valence-electron chi connectivity index (χ3n) is 5.23.